The Morgan fingerprint density at radius 3 is 1.72 bits per heavy atom. The third-order valence-electron chi connectivity index (χ3n) is 13.2. The highest BCUT2D eigenvalue weighted by Crippen LogP contribution is 2.37. The van der Waals surface area contributed by atoms with E-state index >= 15 is 0 Å². The minimum atomic E-state index is -2.15. The Morgan fingerprint density at radius 2 is 1.12 bits per heavy atom. The maximum absolute atomic E-state index is 12.7. The molecule has 4 saturated heterocycles. The third kappa shape index (κ3) is 15.4. The van der Waals surface area contributed by atoms with Crippen LogP contribution in [0.5, 0.6) is 0 Å². The molecule has 4 aliphatic heterocycles. The van der Waals surface area contributed by atoms with E-state index < -0.39 is 157 Å². The second kappa shape index (κ2) is 28.5. The lowest BCUT2D eigenvalue weighted by Gasteiger charge is -2.51. The van der Waals surface area contributed by atoms with Crippen molar-refractivity contribution in [3.05, 3.63) is 0 Å². The van der Waals surface area contributed by atoms with Crippen LogP contribution in [0.2, 0.25) is 11.6 Å². The molecule has 0 radical (unpaired) electrons. The largest absolute Gasteiger partial charge is 0.397 e. The van der Waals surface area contributed by atoms with Gasteiger partial charge in [-0.25, -0.2) is 0 Å². The first-order valence-corrected chi connectivity index (χ1v) is 26.9. The molecule has 4 aliphatic rings. The first-order chi connectivity index (χ1) is 31.9. The zero-order valence-electron chi connectivity index (χ0n) is 39.9. The normalized spacial score (nSPS) is 39.7. The molecule has 4 heterocycles. The van der Waals surface area contributed by atoms with E-state index in [2.05, 4.69) is 19.2 Å². The van der Waals surface area contributed by atoms with Crippen molar-refractivity contribution < 1.29 is 103 Å². The summed E-state index contributed by atoms with van der Waals surface area (Å²) in [5.74, 6) is 0.583. The summed E-state index contributed by atoms with van der Waals surface area (Å²) in [5, 5.41) is 110. The number of thioether (sulfide) groups is 1. The van der Waals surface area contributed by atoms with Gasteiger partial charge in [0.15, 0.2) is 25.2 Å². The maximum atomic E-state index is 12.7. The topological polar surface area (TPSA) is 324 Å². The zero-order valence-corrected chi connectivity index (χ0v) is 41.7. The van der Waals surface area contributed by atoms with Crippen LogP contribution in [0.4, 0.5) is 0 Å². The molecule has 1 amide bonds. The molecule has 0 aromatic heterocycles. The van der Waals surface area contributed by atoms with Gasteiger partial charge in [-0.1, -0.05) is 46.5 Å². The van der Waals surface area contributed by atoms with Crippen molar-refractivity contribution in [3.63, 3.8) is 0 Å². The van der Waals surface area contributed by atoms with Crippen LogP contribution in [0.3, 0.4) is 0 Å². The Kier molecular flexibility index (Phi) is 25.0. The van der Waals surface area contributed by atoms with E-state index in [4.69, 9.17) is 46.7 Å². The average Bonchev–Trinajstić information content (AvgIpc) is 3.30. The summed E-state index contributed by atoms with van der Waals surface area (Å²) in [4.78, 5) is 12.7. The van der Waals surface area contributed by atoms with Crippen LogP contribution in [0.1, 0.15) is 79.6 Å². The fourth-order valence-electron chi connectivity index (χ4n) is 8.96. The lowest BCUT2D eigenvalue weighted by Crippen LogP contribution is -2.69. The zero-order chi connectivity index (χ0) is 49.6. The van der Waals surface area contributed by atoms with Gasteiger partial charge in [-0.2, -0.15) is 11.8 Å². The van der Waals surface area contributed by atoms with Gasteiger partial charge < -0.3 is 103 Å². The lowest BCUT2D eigenvalue weighted by molar-refractivity contribution is -0.399. The van der Waals surface area contributed by atoms with Gasteiger partial charge in [0.25, 0.3) is 0 Å². The van der Waals surface area contributed by atoms with Crippen LogP contribution < -0.4 is 5.32 Å². The van der Waals surface area contributed by atoms with E-state index in [-0.39, 0.29) is 6.61 Å². The van der Waals surface area contributed by atoms with Gasteiger partial charge in [0.05, 0.1) is 32.0 Å². The number of amides is 1. The van der Waals surface area contributed by atoms with E-state index in [0.717, 1.165) is 56.1 Å². The Bertz CT molecular complexity index is 1410. The molecule has 4 rings (SSSR count). The van der Waals surface area contributed by atoms with Crippen LogP contribution in [0.25, 0.3) is 0 Å². The quantitative estimate of drug-likeness (QED) is 0.0324. The van der Waals surface area contributed by atoms with Gasteiger partial charge in [-0.05, 0) is 49.3 Å². The van der Waals surface area contributed by atoms with Gasteiger partial charge >= 0.3 is 8.56 Å². The van der Waals surface area contributed by atoms with Crippen molar-refractivity contribution >= 4 is 26.2 Å². The Balaban J connectivity index is 1.45. The second-order valence-electron chi connectivity index (χ2n) is 18.3. The van der Waals surface area contributed by atoms with Gasteiger partial charge in [0.1, 0.15) is 79.3 Å². The molecule has 11 N–H and O–H groups in total. The summed E-state index contributed by atoms with van der Waals surface area (Å²) < 4.78 is 60.1. The molecule has 24 heteroatoms. The molecule has 22 nitrogen and oxygen atoms in total. The molecule has 4 fully saturated rings. The molecular weight excluding hydrogens is 927 g/mol. The average molecular weight is 1010 g/mol. The number of rotatable bonds is 27. The van der Waals surface area contributed by atoms with Crippen molar-refractivity contribution in [1.29, 1.82) is 0 Å². The van der Waals surface area contributed by atoms with E-state index in [0.29, 0.717) is 12.0 Å². The van der Waals surface area contributed by atoms with Crippen molar-refractivity contribution in [1.82, 2.24) is 5.32 Å². The molecular formula is C43H81NO21SSi. The van der Waals surface area contributed by atoms with Crippen LogP contribution in [-0.4, -0.2) is 234 Å². The molecule has 0 bridgehead atoms. The molecule has 394 valence electrons. The number of aliphatic hydroxyl groups is 10. The third-order valence-corrected chi connectivity index (χ3v) is 18.6. The highest BCUT2D eigenvalue weighted by atomic mass is 32.2. The fourth-order valence-corrected chi connectivity index (χ4v) is 12.9. The predicted octanol–water partition coefficient (Wildman–Crippen LogP) is -1.67. The number of ether oxygens (including phenoxy) is 8. The molecule has 0 aromatic carbocycles. The highest BCUT2D eigenvalue weighted by Gasteiger charge is 2.56. The molecule has 0 saturated carbocycles. The van der Waals surface area contributed by atoms with Gasteiger partial charge in [-0.15, -0.1) is 0 Å². The number of carbonyl (C=O) groups is 1. The van der Waals surface area contributed by atoms with E-state index in [9.17, 15) is 55.9 Å². The summed E-state index contributed by atoms with van der Waals surface area (Å²) in [7, 11) is 1.34. The number of nitrogens with one attached hydrogen (secondary N) is 1. The number of aliphatic hydroxyl groups excluding tert-OH is 10. The number of hydrogen-bond acceptors (Lipinski definition) is 22. The molecule has 8 unspecified atom stereocenters. The van der Waals surface area contributed by atoms with Crippen LogP contribution in [0.15, 0.2) is 0 Å². The summed E-state index contributed by atoms with van der Waals surface area (Å²) in [6, 6.07) is -0.290. The van der Waals surface area contributed by atoms with Crippen molar-refractivity contribution in [2.45, 2.75) is 208 Å². The number of carbonyl (C=O) groups excluding carboxylic acids is 1. The van der Waals surface area contributed by atoms with Gasteiger partial charge in [-0.3, -0.25) is 4.79 Å². The molecule has 0 spiro atoms. The predicted molar refractivity (Wildman–Crippen MR) is 240 cm³/mol. The SMILES string of the molecule is CO[Si](CCCSCCCCCCCCO[C@H]1OC(CO)[C@@H](O)[C@H](O[C@@H]2OC(CO)[C@H](O)[C@H](O[C@H]3OC(CO)[C@H](O)[C@H](O)C3C)C2O[C@@H]2OC(C)[C@@H](O)[C@H](O)C2O)C1NC(C)=O)(OC)C(C)C. The minimum Gasteiger partial charge on any atom is -0.397 e. The second-order valence-corrected chi connectivity index (χ2v) is 23.6. The van der Waals surface area contributed by atoms with Crippen LogP contribution in [0, 0.1) is 5.92 Å². The van der Waals surface area contributed by atoms with Crippen LogP contribution in [-0.2, 0) is 51.5 Å². The molecule has 0 aromatic rings. The van der Waals surface area contributed by atoms with Crippen molar-refractivity contribution in [2.24, 2.45) is 5.92 Å². The summed E-state index contributed by atoms with van der Waals surface area (Å²) >= 11 is 1.95. The van der Waals surface area contributed by atoms with Gasteiger partial charge in [0.2, 0.25) is 5.91 Å². The highest BCUT2D eigenvalue weighted by molar-refractivity contribution is 7.99. The summed E-state index contributed by atoms with van der Waals surface area (Å²) in [6.07, 6.45) is -21.3. The van der Waals surface area contributed by atoms with Crippen LogP contribution >= 0.6 is 11.8 Å². The number of unbranched alkanes of at least 4 members (excludes halogenated alkanes) is 5. The summed E-state index contributed by atoms with van der Waals surface area (Å²) in [6.45, 7) is 6.33. The van der Waals surface area contributed by atoms with Gasteiger partial charge in [0, 0.05) is 33.7 Å². The Hall–Kier alpha value is -0.763. The minimum absolute atomic E-state index is 0.181. The smallest absolute Gasteiger partial charge is 0.340 e. The van der Waals surface area contributed by atoms with E-state index in [1.54, 1.807) is 14.2 Å². The van der Waals surface area contributed by atoms with E-state index in [1.807, 2.05) is 11.8 Å². The first-order valence-electron chi connectivity index (χ1n) is 23.6. The monoisotopic (exact) mass is 1010 g/mol. The standard InChI is InChI=1S/C43H81NO21SSi/c1-22(2)67(56-6,57-7)18-14-17-66-16-13-11-9-8-10-12-15-58-41-29(44-25(5)48)37(33(52)27(20-46)61-41)63-43-39(65-42-36(55)35(54)31(50)24(4)59-42)38(34(53)28(21-47)62-43)64-40-23(3)30(49)32(51)26(19-45)60-40/h22-24,26-43,45-47,49-55H,8-21H2,1-7H3,(H,44,48)/t23?,24?,26?,27?,28?,29?,30-,31-,32+,33-,34+,35+,36?,37-,38+,39?,40-,41+,42+,43+/m1/s1. The maximum Gasteiger partial charge on any atom is 0.340 e. The van der Waals surface area contributed by atoms with Crippen molar-refractivity contribution in [2.75, 3.05) is 52.2 Å². The Morgan fingerprint density at radius 1 is 0.597 bits per heavy atom. The molecule has 67 heavy (non-hydrogen) atoms. The number of hydrogen-bond donors (Lipinski definition) is 11. The Labute approximate surface area is 399 Å². The summed E-state index contributed by atoms with van der Waals surface area (Å²) in [5.41, 5.74) is 0.386. The lowest BCUT2D eigenvalue weighted by atomic mass is 9.91. The van der Waals surface area contributed by atoms with Crippen molar-refractivity contribution in [3.8, 4) is 0 Å². The first kappa shape index (κ1) is 58.8. The molecule has 20 atom stereocenters. The van der Waals surface area contributed by atoms with E-state index in [1.165, 1.54) is 20.8 Å². The fraction of sp³-hybridized carbons (Fsp3) is 0.977. The molecule has 0 aliphatic carbocycles.